The number of hydrogen-bond donors (Lipinski definition) is 1. The summed E-state index contributed by atoms with van der Waals surface area (Å²) in [7, 11) is 0. The topological polar surface area (TPSA) is 37.8 Å². The van der Waals surface area contributed by atoms with Crippen LogP contribution in [0.15, 0.2) is 29.4 Å². The Hall–Kier alpha value is -1.13. The summed E-state index contributed by atoms with van der Waals surface area (Å²) in [6.45, 7) is 0.700. The van der Waals surface area contributed by atoms with Crippen LogP contribution in [0.5, 0.6) is 0 Å². The maximum absolute atomic E-state index is 5.79. The van der Waals surface area contributed by atoms with Gasteiger partial charge in [-0.2, -0.15) is 0 Å². The van der Waals surface area contributed by atoms with E-state index in [1.807, 2.05) is 17.0 Å². The Bertz CT molecular complexity index is 402. The monoisotopic (exact) mass is 225 g/mol. The summed E-state index contributed by atoms with van der Waals surface area (Å²) in [5.41, 5.74) is 3.74. The minimum Gasteiger partial charge on any atom is -0.378 e. The molecule has 0 radical (unpaired) electrons. The molecular formula is C9H8ClN3S. The zero-order valence-electron chi connectivity index (χ0n) is 7.27. The normalized spacial score (nSPS) is 10.1. The van der Waals surface area contributed by atoms with Gasteiger partial charge in [0.25, 0.3) is 0 Å². The fourth-order valence-electron chi connectivity index (χ4n) is 1.03. The van der Waals surface area contributed by atoms with E-state index in [0.29, 0.717) is 11.6 Å². The van der Waals surface area contributed by atoms with Crippen molar-refractivity contribution in [1.82, 2.24) is 9.97 Å². The van der Waals surface area contributed by atoms with Crippen LogP contribution in [0.2, 0.25) is 5.02 Å². The quantitative estimate of drug-likeness (QED) is 0.873. The van der Waals surface area contributed by atoms with Gasteiger partial charge in [-0.25, -0.2) is 4.98 Å². The summed E-state index contributed by atoms with van der Waals surface area (Å²) in [5, 5.41) is 5.82. The Labute approximate surface area is 90.8 Å². The summed E-state index contributed by atoms with van der Waals surface area (Å²) in [4.78, 5) is 8.13. The second-order valence-electron chi connectivity index (χ2n) is 2.73. The van der Waals surface area contributed by atoms with Crippen molar-refractivity contribution in [3.8, 4) is 0 Å². The lowest BCUT2D eigenvalue weighted by Gasteiger charge is -2.03. The van der Waals surface area contributed by atoms with Gasteiger partial charge in [0.1, 0.15) is 0 Å². The SMILES string of the molecule is Clc1cncc(NCc2cscn2)c1. The molecule has 0 saturated heterocycles. The van der Waals surface area contributed by atoms with E-state index in [2.05, 4.69) is 15.3 Å². The molecule has 72 valence electrons. The molecule has 1 N–H and O–H groups in total. The number of hydrogen-bond acceptors (Lipinski definition) is 4. The summed E-state index contributed by atoms with van der Waals surface area (Å²) in [6.07, 6.45) is 3.34. The second-order valence-corrected chi connectivity index (χ2v) is 3.88. The van der Waals surface area contributed by atoms with Gasteiger partial charge in [-0.05, 0) is 6.07 Å². The lowest BCUT2D eigenvalue weighted by atomic mass is 10.4. The molecule has 0 aliphatic heterocycles. The molecule has 2 heterocycles. The number of pyridine rings is 1. The molecule has 0 aliphatic rings. The van der Waals surface area contributed by atoms with Gasteiger partial charge in [0.05, 0.1) is 34.7 Å². The van der Waals surface area contributed by atoms with Gasteiger partial charge in [0.15, 0.2) is 0 Å². The summed E-state index contributed by atoms with van der Waals surface area (Å²) < 4.78 is 0. The third-order valence-electron chi connectivity index (χ3n) is 1.66. The highest BCUT2D eigenvalue weighted by atomic mass is 35.5. The highest BCUT2D eigenvalue weighted by Crippen LogP contribution is 2.13. The van der Waals surface area contributed by atoms with Crippen molar-refractivity contribution in [3.63, 3.8) is 0 Å². The first-order valence-electron chi connectivity index (χ1n) is 4.06. The minimum absolute atomic E-state index is 0.633. The predicted molar refractivity (Wildman–Crippen MR) is 58.7 cm³/mol. The van der Waals surface area contributed by atoms with Gasteiger partial charge in [0.2, 0.25) is 0 Å². The van der Waals surface area contributed by atoms with Crippen LogP contribution in [0.4, 0.5) is 5.69 Å². The van der Waals surface area contributed by atoms with Crippen molar-refractivity contribution < 1.29 is 0 Å². The Kier molecular flexibility index (Phi) is 2.96. The van der Waals surface area contributed by atoms with Gasteiger partial charge in [-0.15, -0.1) is 11.3 Å². The summed E-state index contributed by atoms with van der Waals surface area (Å²) in [6, 6.07) is 1.83. The fraction of sp³-hybridized carbons (Fsp3) is 0.111. The Morgan fingerprint density at radius 3 is 3.07 bits per heavy atom. The molecule has 0 spiro atoms. The number of thiazole rings is 1. The van der Waals surface area contributed by atoms with Crippen LogP contribution in [-0.2, 0) is 6.54 Å². The number of rotatable bonds is 3. The molecule has 3 nitrogen and oxygen atoms in total. The van der Waals surface area contributed by atoms with Crippen LogP contribution in [-0.4, -0.2) is 9.97 Å². The van der Waals surface area contributed by atoms with E-state index < -0.39 is 0 Å². The van der Waals surface area contributed by atoms with Crippen LogP contribution in [0.3, 0.4) is 0 Å². The smallest absolute Gasteiger partial charge is 0.0795 e. The Morgan fingerprint density at radius 1 is 1.43 bits per heavy atom. The lowest BCUT2D eigenvalue weighted by Crippen LogP contribution is -1.99. The van der Waals surface area contributed by atoms with Crippen LogP contribution in [0.25, 0.3) is 0 Å². The molecule has 0 bridgehead atoms. The third-order valence-corrected chi connectivity index (χ3v) is 2.50. The molecular weight excluding hydrogens is 218 g/mol. The standard InChI is InChI=1S/C9H8ClN3S/c10-7-1-8(3-11-2-7)12-4-9-5-14-6-13-9/h1-3,5-6,12H,4H2. The molecule has 2 aromatic heterocycles. The van der Waals surface area contributed by atoms with Crippen LogP contribution < -0.4 is 5.32 Å². The van der Waals surface area contributed by atoms with Gasteiger partial charge in [-0.3, -0.25) is 4.98 Å². The second kappa shape index (κ2) is 4.39. The predicted octanol–water partition coefficient (Wildman–Crippen LogP) is 2.80. The molecule has 0 aliphatic carbocycles. The third kappa shape index (κ3) is 2.43. The van der Waals surface area contributed by atoms with Gasteiger partial charge >= 0.3 is 0 Å². The van der Waals surface area contributed by atoms with Crippen molar-refractivity contribution in [2.75, 3.05) is 5.32 Å². The number of nitrogens with one attached hydrogen (secondary N) is 1. The molecule has 0 aromatic carbocycles. The van der Waals surface area contributed by atoms with E-state index in [4.69, 9.17) is 11.6 Å². The van der Waals surface area contributed by atoms with Crippen molar-refractivity contribution in [2.24, 2.45) is 0 Å². The largest absolute Gasteiger partial charge is 0.378 e. The highest BCUT2D eigenvalue weighted by molar-refractivity contribution is 7.07. The first kappa shape index (κ1) is 9.43. The summed E-state index contributed by atoms with van der Waals surface area (Å²) >= 11 is 7.37. The maximum Gasteiger partial charge on any atom is 0.0795 e. The molecule has 0 saturated carbocycles. The number of aromatic nitrogens is 2. The van der Waals surface area contributed by atoms with E-state index >= 15 is 0 Å². The van der Waals surface area contributed by atoms with Crippen LogP contribution >= 0.6 is 22.9 Å². The van der Waals surface area contributed by atoms with Gasteiger partial charge < -0.3 is 5.32 Å². The minimum atomic E-state index is 0.633. The lowest BCUT2D eigenvalue weighted by molar-refractivity contribution is 1.07. The molecule has 0 unspecified atom stereocenters. The van der Waals surface area contributed by atoms with Crippen LogP contribution in [0.1, 0.15) is 5.69 Å². The van der Waals surface area contributed by atoms with Gasteiger partial charge in [-0.1, -0.05) is 11.6 Å². The molecule has 0 atom stereocenters. The first-order chi connectivity index (χ1) is 6.84. The van der Waals surface area contributed by atoms with Crippen molar-refractivity contribution in [1.29, 1.82) is 0 Å². The molecule has 0 fully saturated rings. The van der Waals surface area contributed by atoms with E-state index in [1.54, 1.807) is 23.7 Å². The first-order valence-corrected chi connectivity index (χ1v) is 5.38. The molecule has 5 heteroatoms. The Balaban J connectivity index is 1.98. The highest BCUT2D eigenvalue weighted by Gasteiger charge is 1.96. The van der Waals surface area contributed by atoms with Crippen molar-refractivity contribution >= 4 is 28.6 Å². The van der Waals surface area contributed by atoms with Crippen LogP contribution in [0, 0.1) is 0 Å². The van der Waals surface area contributed by atoms with Crippen molar-refractivity contribution in [3.05, 3.63) is 40.1 Å². The zero-order valence-corrected chi connectivity index (χ0v) is 8.85. The van der Waals surface area contributed by atoms with E-state index in [0.717, 1.165) is 11.4 Å². The van der Waals surface area contributed by atoms with Crippen molar-refractivity contribution in [2.45, 2.75) is 6.54 Å². The number of nitrogens with zero attached hydrogens (tertiary/aromatic N) is 2. The van der Waals surface area contributed by atoms with Gasteiger partial charge in [0, 0.05) is 11.6 Å². The Morgan fingerprint density at radius 2 is 2.36 bits per heavy atom. The number of anilines is 1. The molecule has 2 aromatic rings. The fourth-order valence-corrected chi connectivity index (χ4v) is 1.76. The zero-order chi connectivity index (χ0) is 9.80. The molecule has 14 heavy (non-hydrogen) atoms. The van der Waals surface area contributed by atoms with E-state index in [1.165, 1.54) is 0 Å². The summed E-state index contributed by atoms with van der Waals surface area (Å²) in [5.74, 6) is 0. The average molecular weight is 226 g/mol. The average Bonchev–Trinajstić information content (AvgIpc) is 2.67. The van der Waals surface area contributed by atoms with E-state index in [-0.39, 0.29) is 0 Å². The molecule has 2 rings (SSSR count). The maximum atomic E-state index is 5.79. The number of halogens is 1. The van der Waals surface area contributed by atoms with E-state index in [9.17, 15) is 0 Å². The molecule has 0 amide bonds.